The first-order valence-corrected chi connectivity index (χ1v) is 5.51. The molecule has 0 aromatic heterocycles. The van der Waals surface area contributed by atoms with Gasteiger partial charge >= 0.3 is 0 Å². The van der Waals surface area contributed by atoms with E-state index in [4.69, 9.17) is 4.74 Å². The van der Waals surface area contributed by atoms with Gasteiger partial charge in [-0.15, -0.1) is 0 Å². The van der Waals surface area contributed by atoms with Gasteiger partial charge in [0.2, 0.25) is 5.78 Å². The summed E-state index contributed by atoms with van der Waals surface area (Å²) in [6.45, 7) is 4.47. The van der Waals surface area contributed by atoms with Crippen molar-refractivity contribution < 1.29 is 9.53 Å². The quantitative estimate of drug-likeness (QED) is 0.453. The van der Waals surface area contributed by atoms with Crippen molar-refractivity contribution >= 4 is 5.78 Å². The molecule has 0 unspecified atom stereocenters. The molecule has 0 aliphatic heterocycles. The van der Waals surface area contributed by atoms with Gasteiger partial charge in [-0.3, -0.25) is 4.79 Å². The molecule has 17 heavy (non-hydrogen) atoms. The van der Waals surface area contributed by atoms with Crippen LogP contribution in [0.1, 0.15) is 22.8 Å². The molecule has 0 radical (unpaired) electrons. The zero-order chi connectivity index (χ0) is 12.8. The van der Waals surface area contributed by atoms with Crippen molar-refractivity contribution in [1.29, 1.82) is 0 Å². The standard InChI is InChI=1S/C14H17NO2/c1-5-17-14-7-6-12(10-11(14)2)13(16)8-9-15(3)4/h6-7,10H,5H2,1-4H3. The van der Waals surface area contributed by atoms with Crippen LogP contribution < -0.4 is 4.74 Å². The van der Waals surface area contributed by atoms with Gasteiger partial charge in [-0.25, -0.2) is 0 Å². The fraction of sp³-hybridized carbons (Fsp3) is 0.357. The molecule has 0 spiro atoms. The first-order valence-electron chi connectivity index (χ1n) is 5.51. The number of hydrogen-bond acceptors (Lipinski definition) is 3. The highest BCUT2D eigenvalue weighted by atomic mass is 16.5. The Hall–Kier alpha value is -1.95. The van der Waals surface area contributed by atoms with E-state index in [1.165, 1.54) is 0 Å². The summed E-state index contributed by atoms with van der Waals surface area (Å²) in [4.78, 5) is 13.4. The smallest absolute Gasteiger partial charge is 0.237 e. The Bertz CT molecular complexity index is 467. The van der Waals surface area contributed by atoms with E-state index in [1.807, 2.05) is 19.9 Å². The molecule has 1 aromatic rings. The van der Waals surface area contributed by atoms with Crippen molar-refractivity contribution in [2.75, 3.05) is 20.7 Å². The maximum atomic E-state index is 11.7. The second-order valence-electron chi connectivity index (χ2n) is 3.87. The molecule has 0 atom stereocenters. The first kappa shape index (κ1) is 13.1. The molecular weight excluding hydrogens is 214 g/mol. The highest BCUT2D eigenvalue weighted by Crippen LogP contribution is 2.19. The lowest BCUT2D eigenvalue weighted by Crippen LogP contribution is -2.04. The van der Waals surface area contributed by atoms with Crippen LogP contribution in [0.4, 0.5) is 0 Å². The third-order valence-electron chi connectivity index (χ3n) is 2.13. The summed E-state index contributed by atoms with van der Waals surface area (Å²) in [6, 6.07) is 8.06. The number of ether oxygens (including phenoxy) is 1. The topological polar surface area (TPSA) is 29.5 Å². The summed E-state index contributed by atoms with van der Waals surface area (Å²) >= 11 is 0. The minimum Gasteiger partial charge on any atom is -0.494 e. The number of nitrogens with zero attached hydrogens (tertiary/aromatic N) is 1. The van der Waals surface area contributed by atoms with E-state index in [-0.39, 0.29) is 5.78 Å². The Kier molecular flexibility index (Phi) is 4.59. The van der Waals surface area contributed by atoms with Crippen LogP contribution in [-0.2, 0) is 0 Å². The van der Waals surface area contributed by atoms with Crippen molar-refractivity contribution in [2.45, 2.75) is 13.8 Å². The molecule has 0 saturated heterocycles. The normalized spacial score (nSPS) is 9.18. The molecule has 0 heterocycles. The largest absolute Gasteiger partial charge is 0.494 e. The first-order chi connectivity index (χ1) is 8.04. The van der Waals surface area contributed by atoms with Crippen molar-refractivity contribution in [3.8, 4) is 17.7 Å². The van der Waals surface area contributed by atoms with Gasteiger partial charge in [0, 0.05) is 25.7 Å². The number of carbonyl (C=O) groups excluding carboxylic acids is 1. The third kappa shape index (κ3) is 3.84. The van der Waals surface area contributed by atoms with E-state index < -0.39 is 0 Å². The summed E-state index contributed by atoms with van der Waals surface area (Å²) < 4.78 is 5.41. The van der Waals surface area contributed by atoms with Crippen LogP contribution in [0.3, 0.4) is 0 Å². The Morgan fingerprint density at radius 3 is 2.65 bits per heavy atom. The van der Waals surface area contributed by atoms with Crippen LogP contribution in [0, 0.1) is 18.9 Å². The number of aryl methyl sites for hydroxylation is 1. The van der Waals surface area contributed by atoms with Crippen molar-refractivity contribution in [3.05, 3.63) is 29.3 Å². The van der Waals surface area contributed by atoms with Gasteiger partial charge in [-0.2, -0.15) is 0 Å². The average Bonchev–Trinajstić information content (AvgIpc) is 2.28. The van der Waals surface area contributed by atoms with Gasteiger partial charge in [-0.05, 0) is 43.5 Å². The molecular formula is C14H17NO2. The van der Waals surface area contributed by atoms with E-state index in [0.717, 1.165) is 11.3 Å². The minimum atomic E-state index is -0.176. The molecule has 90 valence electrons. The zero-order valence-corrected chi connectivity index (χ0v) is 10.7. The second-order valence-corrected chi connectivity index (χ2v) is 3.87. The fourth-order valence-corrected chi connectivity index (χ4v) is 1.34. The van der Waals surface area contributed by atoms with E-state index in [9.17, 15) is 4.79 Å². The molecule has 1 aromatic carbocycles. The van der Waals surface area contributed by atoms with Crippen LogP contribution in [0.15, 0.2) is 18.2 Å². The number of Topliss-reactive ketones (excluding diaryl/α,β-unsaturated/α-hetero) is 1. The fourth-order valence-electron chi connectivity index (χ4n) is 1.34. The molecule has 0 fully saturated rings. The number of ketones is 1. The summed E-state index contributed by atoms with van der Waals surface area (Å²) in [5.74, 6) is 3.21. The molecule has 0 saturated carbocycles. The molecule has 0 bridgehead atoms. The Labute approximate surface area is 102 Å². The van der Waals surface area contributed by atoms with Crippen molar-refractivity contribution in [3.63, 3.8) is 0 Å². The van der Waals surface area contributed by atoms with Gasteiger partial charge in [0.1, 0.15) is 5.75 Å². The monoisotopic (exact) mass is 231 g/mol. The van der Waals surface area contributed by atoms with Gasteiger partial charge in [0.15, 0.2) is 0 Å². The molecule has 0 N–H and O–H groups in total. The van der Waals surface area contributed by atoms with Crippen LogP contribution in [0.5, 0.6) is 5.75 Å². The van der Waals surface area contributed by atoms with Crippen LogP contribution >= 0.6 is 0 Å². The zero-order valence-electron chi connectivity index (χ0n) is 10.7. The lowest BCUT2D eigenvalue weighted by Gasteiger charge is -2.07. The van der Waals surface area contributed by atoms with Crippen LogP contribution in [0.25, 0.3) is 0 Å². The highest BCUT2D eigenvalue weighted by Gasteiger charge is 2.05. The SMILES string of the molecule is CCOc1ccc(C(=O)C#CN(C)C)cc1C. The van der Waals surface area contributed by atoms with Crippen molar-refractivity contribution in [1.82, 2.24) is 4.90 Å². The third-order valence-corrected chi connectivity index (χ3v) is 2.13. The minimum absolute atomic E-state index is 0.176. The molecule has 3 nitrogen and oxygen atoms in total. The molecule has 3 heteroatoms. The van der Waals surface area contributed by atoms with Gasteiger partial charge in [-0.1, -0.05) is 0 Å². The van der Waals surface area contributed by atoms with Gasteiger partial charge in [0.05, 0.1) is 6.61 Å². The molecule has 0 amide bonds. The number of carbonyl (C=O) groups is 1. The summed E-state index contributed by atoms with van der Waals surface area (Å²) in [5, 5.41) is 0. The number of rotatable bonds is 3. The Morgan fingerprint density at radius 1 is 1.41 bits per heavy atom. The highest BCUT2D eigenvalue weighted by molar-refractivity contribution is 6.09. The summed E-state index contributed by atoms with van der Waals surface area (Å²) in [6.07, 6.45) is 0. The van der Waals surface area contributed by atoms with E-state index in [0.29, 0.717) is 12.2 Å². The van der Waals surface area contributed by atoms with E-state index in [1.54, 1.807) is 31.1 Å². The van der Waals surface area contributed by atoms with Crippen LogP contribution in [-0.4, -0.2) is 31.4 Å². The molecule has 1 rings (SSSR count). The van der Waals surface area contributed by atoms with Gasteiger partial charge in [0.25, 0.3) is 0 Å². The average molecular weight is 231 g/mol. The summed E-state index contributed by atoms with van der Waals surface area (Å²) in [5.41, 5.74) is 1.55. The van der Waals surface area contributed by atoms with E-state index in [2.05, 4.69) is 12.0 Å². The predicted molar refractivity (Wildman–Crippen MR) is 68.1 cm³/mol. The number of benzene rings is 1. The number of hydrogen-bond donors (Lipinski definition) is 0. The maximum Gasteiger partial charge on any atom is 0.237 e. The molecule has 0 aliphatic carbocycles. The summed E-state index contributed by atoms with van der Waals surface area (Å²) in [7, 11) is 3.59. The van der Waals surface area contributed by atoms with E-state index >= 15 is 0 Å². The second kappa shape index (κ2) is 5.95. The maximum absolute atomic E-state index is 11.7. The predicted octanol–water partition coefficient (Wildman–Crippen LogP) is 2.10. The lowest BCUT2D eigenvalue weighted by molar-refractivity contribution is 0.105. The lowest BCUT2D eigenvalue weighted by atomic mass is 10.1. The van der Waals surface area contributed by atoms with Crippen LogP contribution in [0.2, 0.25) is 0 Å². The van der Waals surface area contributed by atoms with Gasteiger partial charge < -0.3 is 9.64 Å². The molecule has 0 aliphatic rings. The Balaban J connectivity index is 2.91. The Morgan fingerprint density at radius 2 is 2.12 bits per heavy atom. The van der Waals surface area contributed by atoms with Crippen molar-refractivity contribution in [2.24, 2.45) is 0 Å².